The van der Waals surface area contributed by atoms with E-state index in [-0.39, 0.29) is 0 Å². The van der Waals surface area contributed by atoms with Crippen LogP contribution in [0.25, 0.3) is 0 Å². The van der Waals surface area contributed by atoms with Crippen molar-refractivity contribution in [1.29, 1.82) is 0 Å². The molecule has 66 valence electrons. The lowest BCUT2D eigenvalue weighted by Gasteiger charge is -2.04. The Morgan fingerprint density at radius 1 is 1.42 bits per heavy atom. The van der Waals surface area contributed by atoms with Crippen LogP contribution in [0.3, 0.4) is 0 Å². The van der Waals surface area contributed by atoms with Gasteiger partial charge in [-0.2, -0.15) is 13.2 Å². The van der Waals surface area contributed by atoms with Gasteiger partial charge in [-0.1, -0.05) is 0 Å². The highest BCUT2D eigenvalue weighted by molar-refractivity contribution is 5.94. The molecule has 1 heterocycles. The van der Waals surface area contributed by atoms with Crippen LogP contribution in [0.2, 0.25) is 0 Å². The third kappa shape index (κ3) is 1.41. The second-order valence-electron chi connectivity index (χ2n) is 2.14. The summed E-state index contributed by atoms with van der Waals surface area (Å²) in [6.45, 7) is 0. The van der Waals surface area contributed by atoms with Crippen LogP contribution in [-0.2, 0) is 6.18 Å². The van der Waals surface area contributed by atoms with E-state index in [1.807, 2.05) is 0 Å². The fourth-order valence-corrected chi connectivity index (χ4v) is 0.802. The van der Waals surface area contributed by atoms with Crippen LogP contribution >= 0.6 is 0 Å². The minimum Gasteiger partial charge on any atom is -0.366 e. The van der Waals surface area contributed by atoms with Gasteiger partial charge in [0.2, 0.25) is 0 Å². The van der Waals surface area contributed by atoms with Gasteiger partial charge in [-0.05, 0) is 0 Å². The quantitative estimate of drug-likeness (QED) is 0.665. The number of H-pyrrole nitrogens is 1. The summed E-state index contributed by atoms with van der Waals surface area (Å²) in [6.07, 6.45) is -2.92. The molecule has 0 saturated carbocycles. The summed E-state index contributed by atoms with van der Waals surface area (Å²) in [4.78, 5) is 12.6. The minimum absolute atomic E-state index is 0.539. The van der Waals surface area contributed by atoms with Gasteiger partial charge in [0.1, 0.15) is 0 Å². The van der Waals surface area contributed by atoms with Crippen molar-refractivity contribution in [1.82, 2.24) is 4.98 Å². The second-order valence-corrected chi connectivity index (χ2v) is 2.14. The van der Waals surface area contributed by atoms with Crippen LogP contribution in [0.5, 0.6) is 0 Å². The van der Waals surface area contributed by atoms with Gasteiger partial charge in [-0.25, -0.2) is 0 Å². The number of halogens is 3. The normalized spacial score (nSPS) is 11.6. The number of amides is 1. The molecule has 12 heavy (non-hydrogen) atoms. The van der Waals surface area contributed by atoms with Crippen LogP contribution in [0, 0.1) is 0 Å². The summed E-state index contributed by atoms with van der Waals surface area (Å²) >= 11 is 0. The largest absolute Gasteiger partial charge is 0.418 e. The van der Waals surface area contributed by atoms with Gasteiger partial charge in [0, 0.05) is 12.4 Å². The number of alkyl halides is 3. The molecule has 3 N–H and O–H groups in total. The predicted octanol–water partition coefficient (Wildman–Crippen LogP) is 1.13. The van der Waals surface area contributed by atoms with E-state index in [1.54, 1.807) is 0 Å². The van der Waals surface area contributed by atoms with Crippen molar-refractivity contribution in [2.45, 2.75) is 6.18 Å². The Bertz CT molecular complexity index is 302. The molecule has 1 aromatic rings. The van der Waals surface area contributed by atoms with Crippen molar-refractivity contribution in [3.8, 4) is 0 Å². The molecule has 0 unspecified atom stereocenters. The van der Waals surface area contributed by atoms with Gasteiger partial charge < -0.3 is 10.7 Å². The van der Waals surface area contributed by atoms with E-state index in [2.05, 4.69) is 4.98 Å². The number of nitrogens with one attached hydrogen (secondary N) is 1. The molecule has 0 atom stereocenters. The maximum Gasteiger partial charge on any atom is 0.418 e. The van der Waals surface area contributed by atoms with Crippen LogP contribution in [0.1, 0.15) is 15.9 Å². The van der Waals surface area contributed by atoms with E-state index in [0.29, 0.717) is 6.20 Å². The molecule has 0 aliphatic heterocycles. The number of aromatic nitrogens is 1. The van der Waals surface area contributed by atoms with Gasteiger partial charge in [0.05, 0.1) is 11.1 Å². The number of hydrogen-bond donors (Lipinski definition) is 2. The molecular weight excluding hydrogens is 173 g/mol. The highest BCUT2D eigenvalue weighted by Crippen LogP contribution is 2.31. The average molecular weight is 178 g/mol. The highest BCUT2D eigenvalue weighted by Gasteiger charge is 2.35. The lowest BCUT2D eigenvalue weighted by molar-refractivity contribution is -0.137. The Hall–Kier alpha value is -1.46. The van der Waals surface area contributed by atoms with Gasteiger partial charge in [0.15, 0.2) is 0 Å². The molecule has 0 aromatic carbocycles. The summed E-state index contributed by atoms with van der Waals surface area (Å²) in [7, 11) is 0. The molecule has 1 aromatic heterocycles. The van der Waals surface area contributed by atoms with E-state index >= 15 is 0 Å². The predicted molar refractivity (Wildman–Crippen MR) is 34.3 cm³/mol. The maximum atomic E-state index is 12.0. The van der Waals surface area contributed by atoms with Crippen LogP contribution < -0.4 is 5.73 Å². The van der Waals surface area contributed by atoms with Crippen LogP contribution in [0.15, 0.2) is 12.4 Å². The van der Waals surface area contributed by atoms with Crippen LogP contribution in [-0.4, -0.2) is 10.9 Å². The molecule has 1 rings (SSSR count). The number of carbonyl (C=O) groups is 1. The zero-order valence-corrected chi connectivity index (χ0v) is 5.77. The van der Waals surface area contributed by atoms with Crippen LogP contribution in [0.4, 0.5) is 13.2 Å². The molecule has 0 radical (unpaired) electrons. The minimum atomic E-state index is -4.54. The summed E-state index contributed by atoms with van der Waals surface area (Å²) in [5, 5.41) is 0. The first-order chi connectivity index (χ1) is 5.43. The first-order valence-corrected chi connectivity index (χ1v) is 2.96. The zero-order valence-electron chi connectivity index (χ0n) is 5.77. The molecular formula is C6H5F3N2O. The summed E-state index contributed by atoms with van der Waals surface area (Å²) in [6, 6.07) is 0. The van der Waals surface area contributed by atoms with Crippen molar-refractivity contribution in [2.75, 3.05) is 0 Å². The Morgan fingerprint density at radius 2 is 2.00 bits per heavy atom. The molecule has 0 aliphatic rings. The molecule has 0 spiro atoms. The number of rotatable bonds is 1. The molecule has 0 saturated heterocycles. The Balaban J connectivity index is 3.17. The van der Waals surface area contributed by atoms with Crippen molar-refractivity contribution >= 4 is 5.91 Å². The van der Waals surface area contributed by atoms with E-state index in [1.165, 1.54) is 0 Å². The van der Waals surface area contributed by atoms with E-state index in [4.69, 9.17) is 5.73 Å². The topological polar surface area (TPSA) is 58.9 Å². The first kappa shape index (κ1) is 8.63. The lowest BCUT2D eigenvalue weighted by Crippen LogP contribution is -2.16. The Labute approximate surface area is 65.4 Å². The third-order valence-electron chi connectivity index (χ3n) is 1.32. The number of primary amides is 1. The Kier molecular flexibility index (Phi) is 1.83. The van der Waals surface area contributed by atoms with E-state index in [9.17, 15) is 18.0 Å². The van der Waals surface area contributed by atoms with Crippen molar-refractivity contribution in [2.24, 2.45) is 5.73 Å². The van der Waals surface area contributed by atoms with Crippen molar-refractivity contribution in [3.05, 3.63) is 23.5 Å². The summed E-state index contributed by atoms with van der Waals surface area (Å²) in [5.41, 5.74) is 3.13. The van der Waals surface area contributed by atoms with Gasteiger partial charge >= 0.3 is 6.18 Å². The SMILES string of the molecule is NC(=O)c1c[nH]cc1C(F)(F)F. The molecule has 0 fully saturated rings. The molecule has 0 aliphatic carbocycles. The lowest BCUT2D eigenvalue weighted by atomic mass is 10.2. The number of aromatic amines is 1. The zero-order chi connectivity index (χ0) is 9.35. The third-order valence-corrected chi connectivity index (χ3v) is 1.32. The Morgan fingerprint density at radius 3 is 2.33 bits per heavy atom. The molecule has 0 bridgehead atoms. The first-order valence-electron chi connectivity index (χ1n) is 2.96. The van der Waals surface area contributed by atoms with E-state index < -0.39 is 23.2 Å². The number of hydrogen-bond acceptors (Lipinski definition) is 1. The van der Waals surface area contributed by atoms with Crippen molar-refractivity contribution in [3.63, 3.8) is 0 Å². The monoisotopic (exact) mass is 178 g/mol. The fraction of sp³-hybridized carbons (Fsp3) is 0.167. The maximum absolute atomic E-state index is 12.0. The standard InChI is InChI=1S/C6H5F3N2O/c7-6(8,9)4-2-11-1-3(4)5(10)12/h1-2,11H,(H2,10,12). The van der Waals surface area contributed by atoms with Gasteiger partial charge in [-0.3, -0.25) is 4.79 Å². The smallest absolute Gasteiger partial charge is 0.366 e. The summed E-state index contributed by atoms with van der Waals surface area (Å²) in [5.74, 6) is -1.09. The second kappa shape index (κ2) is 2.54. The van der Waals surface area contributed by atoms with E-state index in [0.717, 1.165) is 6.20 Å². The van der Waals surface area contributed by atoms with Gasteiger partial charge in [0.25, 0.3) is 5.91 Å². The fourth-order valence-electron chi connectivity index (χ4n) is 0.802. The molecule has 3 nitrogen and oxygen atoms in total. The van der Waals surface area contributed by atoms with Gasteiger partial charge in [-0.15, -0.1) is 0 Å². The number of nitrogens with two attached hydrogens (primary N) is 1. The highest BCUT2D eigenvalue weighted by atomic mass is 19.4. The van der Waals surface area contributed by atoms with Crippen molar-refractivity contribution < 1.29 is 18.0 Å². The molecule has 6 heteroatoms. The molecule has 1 amide bonds. The summed E-state index contributed by atoms with van der Waals surface area (Å²) < 4.78 is 36.0. The average Bonchev–Trinajstić information content (AvgIpc) is 2.30. The number of carbonyl (C=O) groups excluding carboxylic acids is 1.